The fourth-order valence-corrected chi connectivity index (χ4v) is 1.29. The van der Waals surface area contributed by atoms with Gasteiger partial charge < -0.3 is 4.74 Å². The van der Waals surface area contributed by atoms with Crippen LogP contribution in [-0.4, -0.2) is 12.6 Å². The van der Waals surface area contributed by atoms with Crippen LogP contribution in [0.25, 0.3) is 0 Å². The van der Waals surface area contributed by atoms with Gasteiger partial charge in [-0.15, -0.1) is 0 Å². The smallest absolute Gasteiger partial charge is 0.308 e. The summed E-state index contributed by atoms with van der Waals surface area (Å²) in [7, 11) is 0. The molecule has 11 heavy (non-hydrogen) atoms. The fourth-order valence-electron chi connectivity index (χ4n) is 1.29. The molecule has 1 saturated carbocycles. The minimum Gasteiger partial charge on any atom is -0.465 e. The molecule has 2 heteroatoms. The summed E-state index contributed by atoms with van der Waals surface area (Å²) in [6, 6.07) is 0. The molecule has 0 spiro atoms. The van der Waals surface area contributed by atoms with Crippen LogP contribution in [-0.2, 0) is 9.53 Å². The maximum atomic E-state index is 11.2. The first-order valence-corrected chi connectivity index (χ1v) is 4.33. The number of esters is 1. The number of hydrogen-bond donors (Lipinski definition) is 0. The summed E-state index contributed by atoms with van der Waals surface area (Å²) in [5.74, 6) is 0.169. The third kappa shape index (κ3) is 2.52. The van der Waals surface area contributed by atoms with E-state index in [1.54, 1.807) is 0 Å². The standard InChI is InChI=1S/C9H15O2/c1-2-7-11-9(10)8-5-3-4-6-8/h3,8H,2,4-7H2,1H3. The Hall–Kier alpha value is -0.530. The Bertz CT molecular complexity index is 126. The zero-order valence-electron chi connectivity index (χ0n) is 7.01. The number of ether oxygens (including phenoxy) is 1. The van der Waals surface area contributed by atoms with E-state index in [0.29, 0.717) is 6.61 Å². The van der Waals surface area contributed by atoms with Crippen molar-refractivity contribution in [2.75, 3.05) is 6.61 Å². The molecule has 0 heterocycles. The van der Waals surface area contributed by atoms with Crippen molar-refractivity contribution in [3.05, 3.63) is 6.42 Å². The van der Waals surface area contributed by atoms with Crippen molar-refractivity contribution < 1.29 is 9.53 Å². The Labute approximate surface area is 67.9 Å². The Balaban J connectivity index is 2.17. The van der Waals surface area contributed by atoms with Gasteiger partial charge in [0.15, 0.2) is 0 Å². The topological polar surface area (TPSA) is 26.3 Å². The number of hydrogen-bond acceptors (Lipinski definition) is 2. The normalized spacial score (nSPS) is 18.6. The molecule has 1 aliphatic carbocycles. The van der Waals surface area contributed by atoms with Crippen LogP contribution in [0, 0.1) is 12.3 Å². The summed E-state index contributed by atoms with van der Waals surface area (Å²) < 4.78 is 5.02. The summed E-state index contributed by atoms with van der Waals surface area (Å²) in [5.41, 5.74) is 0. The Morgan fingerprint density at radius 2 is 2.55 bits per heavy atom. The maximum Gasteiger partial charge on any atom is 0.308 e. The first-order valence-electron chi connectivity index (χ1n) is 4.33. The van der Waals surface area contributed by atoms with E-state index in [1.165, 1.54) is 0 Å². The SMILES string of the molecule is CCCOC(=O)C1C[CH]CC1. The lowest BCUT2D eigenvalue weighted by atomic mass is 10.1. The Morgan fingerprint density at radius 3 is 3.09 bits per heavy atom. The van der Waals surface area contributed by atoms with Gasteiger partial charge in [-0.2, -0.15) is 0 Å². The lowest BCUT2D eigenvalue weighted by molar-refractivity contribution is -0.148. The van der Waals surface area contributed by atoms with Gasteiger partial charge in [-0.05, 0) is 32.1 Å². The van der Waals surface area contributed by atoms with Gasteiger partial charge in [-0.3, -0.25) is 4.79 Å². The van der Waals surface area contributed by atoms with E-state index < -0.39 is 0 Å². The van der Waals surface area contributed by atoms with Crippen molar-refractivity contribution in [2.24, 2.45) is 5.92 Å². The molecule has 2 nitrogen and oxygen atoms in total. The highest BCUT2D eigenvalue weighted by atomic mass is 16.5. The molecule has 1 fully saturated rings. The van der Waals surface area contributed by atoms with E-state index in [2.05, 4.69) is 6.42 Å². The van der Waals surface area contributed by atoms with Gasteiger partial charge in [-0.25, -0.2) is 0 Å². The summed E-state index contributed by atoms with van der Waals surface area (Å²) in [6.07, 6.45) is 6.07. The molecule has 0 amide bonds. The summed E-state index contributed by atoms with van der Waals surface area (Å²) in [4.78, 5) is 11.2. The van der Waals surface area contributed by atoms with Gasteiger partial charge in [0.2, 0.25) is 0 Å². The summed E-state index contributed by atoms with van der Waals surface area (Å²) in [6.45, 7) is 2.59. The molecule has 0 aliphatic heterocycles. The first-order chi connectivity index (χ1) is 5.34. The molecule has 1 radical (unpaired) electrons. The fraction of sp³-hybridized carbons (Fsp3) is 0.778. The van der Waals surface area contributed by atoms with E-state index in [4.69, 9.17) is 4.74 Å². The molecule has 0 bridgehead atoms. The van der Waals surface area contributed by atoms with Gasteiger partial charge in [0, 0.05) is 0 Å². The van der Waals surface area contributed by atoms with Gasteiger partial charge in [0.1, 0.15) is 0 Å². The number of rotatable bonds is 3. The number of carbonyl (C=O) groups excluding carboxylic acids is 1. The first kappa shape index (κ1) is 8.57. The molecule has 1 atom stereocenters. The van der Waals surface area contributed by atoms with Crippen molar-refractivity contribution in [3.8, 4) is 0 Å². The van der Waals surface area contributed by atoms with Crippen LogP contribution in [0.3, 0.4) is 0 Å². The molecule has 1 rings (SSSR count). The van der Waals surface area contributed by atoms with Crippen molar-refractivity contribution in [3.63, 3.8) is 0 Å². The van der Waals surface area contributed by atoms with Crippen molar-refractivity contribution in [2.45, 2.75) is 32.6 Å². The van der Waals surface area contributed by atoms with Gasteiger partial charge in [-0.1, -0.05) is 6.92 Å². The Kier molecular flexibility index (Phi) is 3.40. The third-order valence-corrected chi connectivity index (χ3v) is 1.95. The second-order valence-corrected chi connectivity index (χ2v) is 2.97. The molecular formula is C9H15O2. The third-order valence-electron chi connectivity index (χ3n) is 1.95. The second-order valence-electron chi connectivity index (χ2n) is 2.97. The zero-order valence-corrected chi connectivity index (χ0v) is 7.01. The van der Waals surface area contributed by atoms with Crippen LogP contribution in [0.15, 0.2) is 0 Å². The quantitative estimate of drug-likeness (QED) is 0.582. The predicted molar refractivity (Wildman–Crippen MR) is 42.9 cm³/mol. The molecular weight excluding hydrogens is 140 g/mol. The van der Waals surface area contributed by atoms with Crippen LogP contribution >= 0.6 is 0 Å². The minimum absolute atomic E-state index is 0.000556. The van der Waals surface area contributed by atoms with E-state index in [1.807, 2.05) is 6.92 Å². The summed E-state index contributed by atoms with van der Waals surface area (Å²) >= 11 is 0. The van der Waals surface area contributed by atoms with E-state index >= 15 is 0 Å². The van der Waals surface area contributed by atoms with Crippen molar-refractivity contribution in [1.29, 1.82) is 0 Å². The van der Waals surface area contributed by atoms with Gasteiger partial charge >= 0.3 is 5.97 Å². The van der Waals surface area contributed by atoms with Crippen molar-refractivity contribution >= 4 is 5.97 Å². The van der Waals surface area contributed by atoms with E-state index in [-0.39, 0.29) is 11.9 Å². The second kappa shape index (κ2) is 4.37. The predicted octanol–water partition coefficient (Wildman–Crippen LogP) is 1.94. The van der Waals surface area contributed by atoms with Gasteiger partial charge in [0.25, 0.3) is 0 Å². The molecule has 0 aromatic heterocycles. The van der Waals surface area contributed by atoms with Crippen LogP contribution in [0.4, 0.5) is 0 Å². The number of carbonyl (C=O) groups is 1. The highest BCUT2D eigenvalue weighted by molar-refractivity contribution is 5.72. The monoisotopic (exact) mass is 155 g/mol. The molecule has 0 saturated heterocycles. The minimum atomic E-state index is 0.000556. The van der Waals surface area contributed by atoms with Crippen molar-refractivity contribution in [1.82, 2.24) is 0 Å². The average Bonchev–Trinajstić information content (AvgIpc) is 2.52. The van der Waals surface area contributed by atoms with Crippen LogP contribution < -0.4 is 0 Å². The molecule has 1 aliphatic rings. The maximum absolute atomic E-state index is 11.2. The lowest BCUT2D eigenvalue weighted by Gasteiger charge is -2.07. The summed E-state index contributed by atoms with van der Waals surface area (Å²) in [5, 5.41) is 0. The van der Waals surface area contributed by atoms with Crippen LogP contribution in [0.2, 0.25) is 0 Å². The highest BCUT2D eigenvalue weighted by Crippen LogP contribution is 2.24. The molecule has 0 aromatic carbocycles. The lowest BCUT2D eigenvalue weighted by Crippen LogP contribution is -2.14. The van der Waals surface area contributed by atoms with Gasteiger partial charge in [0.05, 0.1) is 12.5 Å². The average molecular weight is 155 g/mol. The van der Waals surface area contributed by atoms with E-state index in [0.717, 1.165) is 25.7 Å². The highest BCUT2D eigenvalue weighted by Gasteiger charge is 2.23. The largest absolute Gasteiger partial charge is 0.465 e. The van der Waals surface area contributed by atoms with E-state index in [9.17, 15) is 4.79 Å². The molecule has 0 N–H and O–H groups in total. The molecule has 1 unspecified atom stereocenters. The van der Waals surface area contributed by atoms with Crippen LogP contribution in [0.1, 0.15) is 32.6 Å². The Morgan fingerprint density at radius 1 is 1.73 bits per heavy atom. The molecule has 63 valence electrons. The molecule has 0 aromatic rings. The van der Waals surface area contributed by atoms with Crippen LogP contribution in [0.5, 0.6) is 0 Å². The zero-order chi connectivity index (χ0) is 8.10.